The van der Waals surface area contributed by atoms with E-state index in [2.05, 4.69) is 62.4 Å². The summed E-state index contributed by atoms with van der Waals surface area (Å²) in [6, 6.07) is 19.2. The number of ether oxygens (including phenoxy) is 4. The molecule has 0 aliphatic carbocycles. The maximum atomic E-state index is 5.80. The van der Waals surface area contributed by atoms with Crippen molar-refractivity contribution in [2.24, 2.45) is 0 Å². The predicted octanol–water partition coefficient (Wildman–Crippen LogP) is 8.21. The van der Waals surface area contributed by atoms with Gasteiger partial charge in [-0.3, -0.25) is 8.97 Å². The van der Waals surface area contributed by atoms with Gasteiger partial charge in [-0.2, -0.15) is 0 Å². The van der Waals surface area contributed by atoms with Crippen LogP contribution in [0.2, 0.25) is 0 Å². The molecule has 6 heteroatoms. The fourth-order valence-corrected chi connectivity index (χ4v) is 7.93. The molecule has 4 aliphatic rings. The Labute approximate surface area is 285 Å². The zero-order valence-corrected chi connectivity index (χ0v) is 29.7. The Morgan fingerprint density at radius 3 is 1.04 bits per heavy atom. The molecule has 0 amide bonds. The summed E-state index contributed by atoms with van der Waals surface area (Å²) in [5, 5.41) is 0. The van der Waals surface area contributed by atoms with Crippen LogP contribution in [-0.2, 0) is 25.4 Å². The van der Waals surface area contributed by atoms with Gasteiger partial charge in [-0.25, -0.2) is 0 Å². The second kappa shape index (κ2) is 17.2. The third-order valence-electron chi connectivity index (χ3n) is 11.1. The number of unbranched alkanes of at least 4 members (excludes halogenated alkanes) is 10. The second-order valence-electron chi connectivity index (χ2n) is 15.3. The highest BCUT2D eigenvalue weighted by Crippen LogP contribution is 2.34. The summed E-state index contributed by atoms with van der Waals surface area (Å²) in [4.78, 5) is 0. The van der Waals surface area contributed by atoms with Crippen molar-refractivity contribution in [1.82, 2.24) is 8.97 Å². The molecule has 0 saturated carbocycles. The van der Waals surface area contributed by atoms with Gasteiger partial charge in [0.1, 0.15) is 62.0 Å². The molecule has 6 rings (SSSR count). The lowest BCUT2D eigenvalue weighted by atomic mass is 10.0. The van der Waals surface area contributed by atoms with Crippen LogP contribution < -0.4 is 8.97 Å². The van der Waals surface area contributed by atoms with Crippen LogP contribution in [0, 0.1) is 0 Å². The average molecular weight is 649 g/mol. The van der Waals surface area contributed by atoms with Crippen molar-refractivity contribution >= 4 is 11.4 Å². The van der Waals surface area contributed by atoms with Gasteiger partial charge in [0.2, 0.25) is 0 Å². The van der Waals surface area contributed by atoms with Crippen LogP contribution in [0.5, 0.6) is 0 Å². The van der Waals surface area contributed by atoms with Gasteiger partial charge in [-0.05, 0) is 67.5 Å². The van der Waals surface area contributed by atoms with E-state index in [1.54, 1.807) is 0 Å². The lowest BCUT2D eigenvalue weighted by Crippen LogP contribution is -2.54. The smallest absolute Gasteiger partial charge is 0.133 e. The van der Waals surface area contributed by atoms with E-state index in [0.29, 0.717) is 24.4 Å². The molecule has 4 unspecified atom stereocenters. The van der Waals surface area contributed by atoms with E-state index in [1.165, 1.54) is 113 Å². The van der Waals surface area contributed by atoms with Crippen LogP contribution in [0.3, 0.4) is 0 Å². The van der Waals surface area contributed by atoms with Crippen molar-refractivity contribution in [2.45, 2.75) is 122 Å². The third-order valence-corrected chi connectivity index (χ3v) is 11.1. The van der Waals surface area contributed by atoms with E-state index >= 15 is 0 Å². The van der Waals surface area contributed by atoms with E-state index in [9.17, 15) is 0 Å². The standard InChI is InChI=1S/C41H64N2O4/c1-3-5-7-9-11-13-23-42(26-38-30-44-38,27-39-31-45-39)36-19-15-34(16-20-36)25-35-17-21-37(22-18-35)43(28-40-32-46-40,29-41-33-47-41)24-14-12-10-8-6-4-2/h15-22,38-41H,3-14,23-33H2,1-2H3/q+2. The van der Waals surface area contributed by atoms with Crippen molar-refractivity contribution < 1.29 is 18.9 Å². The minimum absolute atomic E-state index is 0.400. The topological polar surface area (TPSA) is 50.1 Å². The Hall–Kier alpha value is -1.80. The summed E-state index contributed by atoms with van der Waals surface area (Å²) >= 11 is 0. The zero-order valence-electron chi connectivity index (χ0n) is 29.7. The Balaban J connectivity index is 1.11. The highest BCUT2D eigenvalue weighted by molar-refractivity contribution is 5.48. The van der Waals surface area contributed by atoms with Gasteiger partial charge in [0.25, 0.3) is 0 Å². The molecule has 4 saturated heterocycles. The lowest BCUT2D eigenvalue weighted by molar-refractivity contribution is 0.216. The molecule has 4 atom stereocenters. The first kappa shape index (κ1) is 35.0. The number of epoxide rings is 4. The molecule has 6 nitrogen and oxygen atoms in total. The molecule has 4 fully saturated rings. The van der Waals surface area contributed by atoms with Crippen molar-refractivity contribution in [3.05, 3.63) is 59.7 Å². The molecule has 4 aliphatic heterocycles. The normalized spacial score (nSPS) is 25.2. The molecular formula is C41H64N2O4+2. The van der Waals surface area contributed by atoms with Gasteiger partial charge in [-0.1, -0.05) is 89.5 Å². The van der Waals surface area contributed by atoms with Crippen LogP contribution in [0.4, 0.5) is 11.4 Å². The van der Waals surface area contributed by atoms with Gasteiger partial charge in [0.05, 0.1) is 39.5 Å². The number of hydrogen-bond acceptors (Lipinski definition) is 4. The predicted molar refractivity (Wildman–Crippen MR) is 194 cm³/mol. The fourth-order valence-electron chi connectivity index (χ4n) is 7.93. The number of quaternary nitrogens is 2. The minimum atomic E-state index is 0.400. The van der Waals surface area contributed by atoms with Crippen LogP contribution >= 0.6 is 0 Å². The number of nitrogens with zero attached hydrogens (tertiary/aromatic N) is 2. The third kappa shape index (κ3) is 11.1. The number of hydrogen-bond donors (Lipinski definition) is 0. The molecule has 2 aromatic carbocycles. The van der Waals surface area contributed by atoms with E-state index in [-0.39, 0.29) is 0 Å². The monoisotopic (exact) mass is 648 g/mol. The lowest BCUT2D eigenvalue weighted by Gasteiger charge is -2.38. The molecule has 47 heavy (non-hydrogen) atoms. The molecule has 260 valence electrons. The van der Waals surface area contributed by atoms with Gasteiger partial charge >= 0.3 is 0 Å². The van der Waals surface area contributed by atoms with Crippen molar-refractivity contribution in [2.75, 3.05) is 65.7 Å². The van der Waals surface area contributed by atoms with Crippen LogP contribution in [0.15, 0.2) is 48.5 Å². The van der Waals surface area contributed by atoms with Crippen LogP contribution in [-0.4, -0.2) is 90.1 Å². The SMILES string of the molecule is CCCCCCCC[N+](CC1CO1)(CC1CO1)c1ccc(Cc2ccc([N+](CCCCCCCC)(CC3CO3)CC3CO3)cc2)cc1. The summed E-state index contributed by atoms with van der Waals surface area (Å²) in [6.07, 6.45) is 18.5. The van der Waals surface area contributed by atoms with Crippen molar-refractivity contribution in [3.63, 3.8) is 0 Å². The molecule has 0 bridgehead atoms. The van der Waals surface area contributed by atoms with Gasteiger partial charge in [-0.15, -0.1) is 0 Å². The summed E-state index contributed by atoms with van der Waals surface area (Å²) in [5.74, 6) is 0. The largest absolute Gasteiger partial charge is 0.367 e. The molecule has 0 N–H and O–H groups in total. The van der Waals surface area contributed by atoms with E-state index in [0.717, 1.165) is 68.0 Å². The molecule has 0 radical (unpaired) electrons. The first-order valence-electron chi connectivity index (χ1n) is 19.5. The molecular weight excluding hydrogens is 584 g/mol. The Morgan fingerprint density at radius 2 is 0.745 bits per heavy atom. The van der Waals surface area contributed by atoms with E-state index in [4.69, 9.17) is 18.9 Å². The van der Waals surface area contributed by atoms with Crippen LogP contribution in [0.25, 0.3) is 0 Å². The second-order valence-corrected chi connectivity index (χ2v) is 15.3. The Kier molecular flexibility index (Phi) is 12.8. The van der Waals surface area contributed by atoms with Crippen molar-refractivity contribution in [3.8, 4) is 0 Å². The van der Waals surface area contributed by atoms with Gasteiger partial charge in [0, 0.05) is 0 Å². The summed E-state index contributed by atoms with van der Waals surface area (Å²) in [6.45, 7) is 14.9. The van der Waals surface area contributed by atoms with Gasteiger partial charge in [0.15, 0.2) is 0 Å². The van der Waals surface area contributed by atoms with Crippen molar-refractivity contribution in [1.29, 1.82) is 0 Å². The molecule has 4 heterocycles. The highest BCUT2D eigenvalue weighted by atomic mass is 16.6. The molecule has 0 spiro atoms. The quantitative estimate of drug-likeness (QED) is 0.0586. The summed E-state index contributed by atoms with van der Waals surface area (Å²) in [5.41, 5.74) is 5.64. The van der Waals surface area contributed by atoms with Gasteiger partial charge < -0.3 is 18.9 Å². The summed E-state index contributed by atoms with van der Waals surface area (Å²) < 4.78 is 25.2. The molecule has 0 aromatic heterocycles. The minimum Gasteiger partial charge on any atom is -0.367 e. The highest BCUT2D eigenvalue weighted by Gasteiger charge is 2.44. The first-order chi connectivity index (χ1) is 23.1. The number of benzene rings is 2. The fraction of sp³-hybridized carbons (Fsp3) is 0.707. The van der Waals surface area contributed by atoms with E-state index in [1.807, 2.05) is 0 Å². The van der Waals surface area contributed by atoms with E-state index < -0.39 is 0 Å². The maximum Gasteiger partial charge on any atom is 0.133 e. The average Bonchev–Trinajstić information content (AvgIpc) is 3.87. The van der Waals surface area contributed by atoms with Crippen LogP contribution in [0.1, 0.15) is 102 Å². The first-order valence-corrected chi connectivity index (χ1v) is 19.5. The molecule has 2 aromatic rings. The Morgan fingerprint density at radius 1 is 0.447 bits per heavy atom. The zero-order chi connectivity index (χ0) is 32.4. The number of rotatable bonds is 26. The maximum absolute atomic E-state index is 5.80. The summed E-state index contributed by atoms with van der Waals surface area (Å²) in [7, 11) is 0. The Bertz CT molecular complexity index is 1060.